The van der Waals surface area contributed by atoms with Crippen LogP contribution in [0, 0.1) is 0 Å². The summed E-state index contributed by atoms with van der Waals surface area (Å²) in [4.78, 5) is 8.55. The topological polar surface area (TPSA) is 73.1 Å². The Morgan fingerprint density at radius 1 is 1.29 bits per heavy atom. The van der Waals surface area contributed by atoms with Crippen molar-refractivity contribution in [1.82, 2.24) is 20.4 Å². The summed E-state index contributed by atoms with van der Waals surface area (Å²) < 4.78 is 10.6. The van der Waals surface area contributed by atoms with Crippen molar-refractivity contribution in [2.24, 2.45) is 0 Å². The van der Waals surface area contributed by atoms with E-state index < -0.39 is 0 Å². The van der Waals surface area contributed by atoms with Crippen LogP contribution >= 0.6 is 0 Å². The van der Waals surface area contributed by atoms with Crippen molar-refractivity contribution in [3.8, 4) is 5.75 Å². The van der Waals surface area contributed by atoms with Crippen molar-refractivity contribution < 1.29 is 9.26 Å². The zero-order valence-corrected chi connectivity index (χ0v) is 13.0. The van der Waals surface area contributed by atoms with E-state index in [1.165, 1.54) is 0 Å². The zero-order valence-electron chi connectivity index (χ0n) is 13.0. The predicted molar refractivity (Wildman–Crippen MR) is 78.8 cm³/mol. The molecular weight excluding hydrogens is 268 g/mol. The van der Waals surface area contributed by atoms with Crippen LogP contribution in [0.25, 0.3) is 0 Å². The van der Waals surface area contributed by atoms with Gasteiger partial charge in [-0.15, -0.1) is 0 Å². The van der Waals surface area contributed by atoms with Gasteiger partial charge in [-0.1, -0.05) is 12.1 Å². The Bertz CT molecular complexity index is 558. The molecule has 2 rings (SSSR count). The normalized spacial score (nSPS) is 11.6. The molecule has 2 heterocycles. The van der Waals surface area contributed by atoms with E-state index in [-0.39, 0.29) is 12.1 Å². The van der Waals surface area contributed by atoms with E-state index in [2.05, 4.69) is 41.2 Å². The minimum Gasteiger partial charge on any atom is -0.484 e. The van der Waals surface area contributed by atoms with Crippen LogP contribution in [0.4, 0.5) is 0 Å². The lowest BCUT2D eigenvalue weighted by molar-refractivity contribution is 0.284. The molecule has 114 valence electrons. The lowest BCUT2D eigenvalue weighted by atomic mass is 10.1. The van der Waals surface area contributed by atoms with E-state index in [1.54, 1.807) is 6.20 Å². The summed E-state index contributed by atoms with van der Waals surface area (Å²) in [6.07, 6.45) is 2.44. The average molecular weight is 290 g/mol. The molecule has 0 saturated carbocycles. The second-order valence-electron chi connectivity index (χ2n) is 5.84. The van der Waals surface area contributed by atoms with E-state index in [1.807, 2.05) is 19.1 Å². The number of rotatable bonds is 6. The highest BCUT2D eigenvalue weighted by atomic mass is 16.5. The molecule has 1 N–H and O–H groups in total. The molecule has 2 aromatic heterocycles. The first-order chi connectivity index (χ1) is 9.96. The first kappa shape index (κ1) is 15.4. The fourth-order valence-electron chi connectivity index (χ4n) is 1.60. The molecular formula is C15H22N4O2. The number of hydrogen-bond donors (Lipinski definition) is 1. The van der Waals surface area contributed by atoms with Gasteiger partial charge in [-0.2, -0.15) is 4.98 Å². The lowest BCUT2D eigenvalue weighted by Gasteiger charge is -2.20. The van der Waals surface area contributed by atoms with E-state index in [0.29, 0.717) is 17.5 Å². The van der Waals surface area contributed by atoms with Gasteiger partial charge in [0.1, 0.15) is 5.75 Å². The first-order valence-corrected chi connectivity index (χ1v) is 7.10. The van der Waals surface area contributed by atoms with Crippen molar-refractivity contribution >= 4 is 0 Å². The van der Waals surface area contributed by atoms with Crippen molar-refractivity contribution in [3.63, 3.8) is 0 Å². The second-order valence-corrected chi connectivity index (χ2v) is 5.84. The Labute approximate surface area is 124 Å². The van der Waals surface area contributed by atoms with Gasteiger partial charge in [-0.05, 0) is 32.9 Å². The van der Waals surface area contributed by atoms with Crippen LogP contribution in [0.15, 0.2) is 22.9 Å². The number of hydrogen-bond acceptors (Lipinski definition) is 6. The van der Waals surface area contributed by atoms with Crippen LogP contribution in [-0.2, 0) is 19.6 Å². The minimum atomic E-state index is 0.0759. The molecule has 0 atom stereocenters. The average Bonchev–Trinajstić information content (AvgIpc) is 2.91. The van der Waals surface area contributed by atoms with Crippen LogP contribution in [0.1, 0.15) is 45.1 Å². The zero-order chi connectivity index (χ0) is 15.3. The fourth-order valence-corrected chi connectivity index (χ4v) is 1.60. The number of nitrogens with one attached hydrogen (secondary N) is 1. The van der Waals surface area contributed by atoms with Crippen LogP contribution in [0.3, 0.4) is 0 Å². The number of aromatic nitrogens is 3. The van der Waals surface area contributed by atoms with Gasteiger partial charge < -0.3 is 14.6 Å². The van der Waals surface area contributed by atoms with Gasteiger partial charge in [-0.3, -0.25) is 4.98 Å². The maximum atomic E-state index is 5.58. The Morgan fingerprint density at radius 3 is 2.67 bits per heavy atom. The Morgan fingerprint density at radius 2 is 2.10 bits per heavy atom. The molecule has 0 unspecified atom stereocenters. The number of nitrogens with zero attached hydrogens (tertiary/aromatic N) is 3. The quantitative estimate of drug-likeness (QED) is 0.881. The standard InChI is InChI=1S/C15H22N4O2/c1-5-14-18-13(19-21-14)10-20-12-7-6-11(16-9-12)8-17-15(2,3)4/h6-7,9,17H,5,8,10H2,1-4H3. The second kappa shape index (κ2) is 6.67. The monoisotopic (exact) mass is 290 g/mol. The SMILES string of the molecule is CCc1nc(COc2ccc(CNC(C)(C)C)nc2)no1. The summed E-state index contributed by atoms with van der Waals surface area (Å²) in [5, 5.41) is 7.22. The molecule has 0 radical (unpaired) electrons. The van der Waals surface area contributed by atoms with Gasteiger partial charge in [0.15, 0.2) is 6.61 Å². The molecule has 0 fully saturated rings. The van der Waals surface area contributed by atoms with Gasteiger partial charge in [0.05, 0.1) is 11.9 Å². The van der Waals surface area contributed by atoms with E-state index in [0.717, 1.165) is 18.7 Å². The summed E-state index contributed by atoms with van der Waals surface area (Å²) in [6.45, 7) is 9.35. The van der Waals surface area contributed by atoms with E-state index in [4.69, 9.17) is 9.26 Å². The van der Waals surface area contributed by atoms with Gasteiger partial charge >= 0.3 is 0 Å². The lowest BCUT2D eigenvalue weighted by Crippen LogP contribution is -2.35. The summed E-state index contributed by atoms with van der Waals surface area (Å²) in [6, 6.07) is 3.84. The van der Waals surface area contributed by atoms with E-state index in [9.17, 15) is 0 Å². The van der Waals surface area contributed by atoms with Crippen molar-refractivity contribution in [3.05, 3.63) is 35.7 Å². The largest absolute Gasteiger partial charge is 0.484 e. The molecule has 0 aromatic carbocycles. The maximum Gasteiger partial charge on any atom is 0.226 e. The molecule has 2 aromatic rings. The molecule has 6 heteroatoms. The number of aryl methyl sites for hydroxylation is 1. The molecule has 0 saturated heterocycles. The molecule has 0 aliphatic rings. The van der Waals surface area contributed by atoms with Crippen molar-refractivity contribution in [2.45, 2.75) is 52.8 Å². The molecule has 0 bridgehead atoms. The van der Waals surface area contributed by atoms with Gasteiger partial charge in [0, 0.05) is 18.5 Å². The fraction of sp³-hybridized carbons (Fsp3) is 0.533. The Balaban J connectivity index is 1.84. The smallest absolute Gasteiger partial charge is 0.226 e. The molecule has 21 heavy (non-hydrogen) atoms. The number of pyridine rings is 1. The summed E-state index contributed by atoms with van der Waals surface area (Å²) in [7, 11) is 0. The molecule has 6 nitrogen and oxygen atoms in total. The van der Waals surface area contributed by atoms with Crippen LogP contribution < -0.4 is 10.1 Å². The van der Waals surface area contributed by atoms with Crippen LogP contribution in [0.2, 0.25) is 0 Å². The summed E-state index contributed by atoms with van der Waals surface area (Å²) in [5.74, 6) is 1.86. The third kappa shape index (κ3) is 5.15. The minimum absolute atomic E-state index is 0.0759. The Hall–Kier alpha value is -1.95. The third-order valence-corrected chi connectivity index (χ3v) is 2.78. The molecule has 0 aliphatic heterocycles. The van der Waals surface area contributed by atoms with Crippen molar-refractivity contribution in [1.29, 1.82) is 0 Å². The highest BCUT2D eigenvalue weighted by molar-refractivity contribution is 5.20. The Kier molecular flexibility index (Phi) is 4.90. The van der Waals surface area contributed by atoms with Gasteiger partial charge in [-0.25, -0.2) is 0 Å². The van der Waals surface area contributed by atoms with Gasteiger partial charge in [0.25, 0.3) is 0 Å². The number of ether oxygens (including phenoxy) is 1. The van der Waals surface area contributed by atoms with Crippen LogP contribution in [-0.4, -0.2) is 20.7 Å². The molecule has 0 aliphatic carbocycles. The predicted octanol–water partition coefficient (Wildman–Crippen LogP) is 2.49. The first-order valence-electron chi connectivity index (χ1n) is 7.10. The van der Waals surface area contributed by atoms with Crippen LogP contribution in [0.5, 0.6) is 5.75 Å². The highest BCUT2D eigenvalue weighted by Crippen LogP contribution is 2.12. The summed E-state index contributed by atoms with van der Waals surface area (Å²) >= 11 is 0. The van der Waals surface area contributed by atoms with E-state index >= 15 is 0 Å². The summed E-state index contributed by atoms with van der Waals surface area (Å²) in [5.41, 5.74) is 1.05. The van der Waals surface area contributed by atoms with Gasteiger partial charge in [0.2, 0.25) is 11.7 Å². The molecule has 0 amide bonds. The maximum absolute atomic E-state index is 5.58. The third-order valence-electron chi connectivity index (χ3n) is 2.78. The molecule has 0 spiro atoms. The highest BCUT2D eigenvalue weighted by Gasteiger charge is 2.09. The van der Waals surface area contributed by atoms with Crippen molar-refractivity contribution in [2.75, 3.05) is 0 Å².